The molecule has 1 saturated heterocycles. The molecule has 1 aliphatic rings. The molecule has 2 aromatic rings. The van der Waals surface area contributed by atoms with Gasteiger partial charge in [0.05, 0.1) is 24.5 Å². The van der Waals surface area contributed by atoms with E-state index in [0.717, 1.165) is 38.5 Å². The third kappa shape index (κ3) is 4.18. The van der Waals surface area contributed by atoms with E-state index in [-0.39, 0.29) is 12.1 Å². The largest absolute Gasteiger partial charge is 0.458 e. The summed E-state index contributed by atoms with van der Waals surface area (Å²) in [6.07, 6.45) is 3.38. The number of benzene rings is 1. The van der Waals surface area contributed by atoms with Gasteiger partial charge < -0.3 is 9.47 Å². The van der Waals surface area contributed by atoms with E-state index in [0.29, 0.717) is 5.56 Å². The van der Waals surface area contributed by atoms with Crippen LogP contribution < -0.4 is 0 Å². The van der Waals surface area contributed by atoms with Crippen molar-refractivity contribution in [2.24, 2.45) is 0 Å². The normalized spacial score (nSPS) is 16.9. The molecule has 0 N–H and O–H groups in total. The summed E-state index contributed by atoms with van der Waals surface area (Å²) in [5.41, 5.74) is 1.37. The van der Waals surface area contributed by atoms with Crippen molar-refractivity contribution in [2.45, 2.75) is 13.0 Å². The molecule has 2 heterocycles. The van der Waals surface area contributed by atoms with Crippen molar-refractivity contribution >= 4 is 5.97 Å². The topological polar surface area (TPSA) is 56.6 Å². The molecule has 6 nitrogen and oxygen atoms in total. The van der Waals surface area contributed by atoms with Gasteiger partial charge in [-0.3, -0.25) is 4.90 Å². The minimum absolute atomic E-state index is 0.158. The molecule has 1 aromatic carbocycles. The van der Waals surface area contributed by atoms with Crippen molar-refractivity contribution < 1.29 is 14.3 Å². The lowest BCUT2D eigenvalue weighted by atomic mass is 10.2. The molecule has 23 heavy (non-hydrogen) atoms. The van der Waals surface area contributed by atoms with Gasteiger partial charge in [-0.05, 0) is 31.2 Å². The lowest BCUT2D eigenvalue weighted by Crippen LogP contribution is -2.41. The smallest absolute Gasteiger partial charge is 0.338 e. The van der Waals surface area contributed by atoms with Crippen LogP contribution in [0.5, 0.6) is 0 Å². The van der Waals surface area contributed by atoms with E-state index in [2.05, 4.69) is 10.00 Å². The van der Waals surface area contributed by atoms with Gasteiger partial charge in [-0.1, -0.05) is 6.07 Å². The highest BCUT2D eigenvalue weighted by Gasteiger charge is 2.17. The van der Waals surface area contributed by atoms with Gasteiger partial charge in [0.15, 0.2) is 0 Å². The molecule has 1 aliphatic heterocycles. The zero-order valence-electron chi connectivity index (χ0n) is 13.2. The number of hydrogen-bond donors (Lipinski definition) is 0. The van der Waals surface area contributed by atoms with Crippen LogP contribution in [0.25, 0.3) is 5.69 Å². The van der Waals surface area contributed by atoms with Gasteiger partial charge in [-0.25, -0.2) is 9.48 Å². The maximum atomic E-state index is 12.3. The van der Waals surface area contributed by atoms with E-state index < -0.39 is 0 Å². The van der Waals surface area contributed by atoms with Crippen molar-refractivity contribution in [2.75, 3.05) is 32.8 Å². The fourth-order valence-corrected chi connectivity index (χ4v) is 2.63. The average Bonchev–Trinajstić information content (AvgIpc) is 3.10. The van der Waals surface area contributed by atoms with Gasteiger partial charge >= 0.3 is 5.97 Å². The number of ether oxygens (including phenoxy) is 2. The van der Waals surface area contributed by atoms with E-state index in [1.807, 2.05) is 31.3 Å². The van der Waals surface area contributed by atoms with E-state index in [9.17, 15) is 4.79 Å². The van der Waals surface area contributed by atoms with E-state index in [1.54, 1.807) is 23.0 Å². The molecule has 1 unspecified atom stereocenters. The summed E-state index contributed by atoms with van der Waals surface area (Å²) in [6, 6.07) is 9.13. The highest BCUT2D eigenvalue weighted by Crippen LogP contribution is 2.12. The zero-order chi connectivity index (χ0) is 16.1. The number of aromatic nitrogens is 2. The van der Waals surface area contributed by atoms with Crippen LogP contribution in [0.4, 0.5) is 0 Å². The molecule has 0 radical (unpaired) electrons. The minimum Gasteiger partial charge on any atom is -0.458 e. The summed E-state index contributed by atoms with van der Waals surface area (Å²) in [4.78, 5) is 14.6. The average molecular weight is 315 g/mol. The molecule has 3 rings (SSSR count). The molecule has 0 aliphatic carbocycles. The molecule has 1 aromatic heterocycles. The first kappa shape index (κ1) is 15.7. The monoisotopic (exact) mass is 315 g/mol. The number of carbonyl (C=O) groups excluding carboxylic acids is 1. The maximum Gasteiger partial charge on any atom is 0.338 e. The highest BCUT2D eigenvalue weighted by atomic mass is 16.5. The predicted molar refractivity (Wildman–Crippen MR) is 85.7 cm³/mol. The van der Waals surface area contributed by atoms with E-state index in [4.69, 9.17) is 9.47 Å². The quantitative estimate of drug-likeness (QED) is 0.787. The lowest BCUT2D eigenvalue weighted by molar-refractivity contribution is 0.000445. The van der Waals surface area contributed by atoms with Crippen molar-refractivity contribution in [1.29, 1.82) is 0 Å². The van der Waals surface area contributed by atoms with Crippen LogP contribution in [-0.4, -0.2) is 59.6 Å². The second kappa shape index (κ2) is 7.39. The van der Waals surface area contributed by atoms with Crippen molar-refractivity contribution in [3.63, 3.8) is 0 Å². The van der Waals surface area contributed by atoms with Crippen LogP contribution in [0.1, 0.15) is 17.3 Å². The fourth-order valence-electron chi connectivity index (χ4n) is 2.63. The molecule has 1 atom stereocenters. The van der Waals surface area contributed by atoms with Crippen LogP contribution in [-0.2, 0) is 9.47 Å². The summed E-state index contributed by atoms with van der Waals surface area (Å²) < 4.78 is 12.6. The van der Waals surface area contributed by atoms with Crippen molar-refractivity contribution in [1.82, 2.24) is 14.7 Å². The number of nitrogens with zero attached hydrogens (tertiary/aromatic N) is 3. The summed E-state index contributed by atoms with van der Waals surface area (Å²) in [5.74, 6) is -0.306. The van der Waals surface area contributed by atoms with Crippen molar-refractivity contribution in [3.05, 3.63) is 48.3 Å². The second-order valence-electron chi connectivity index (χ2n) is 5.63. The van der Waals surface area contributed by atoms with E-state index >= 15 is 0 Å². The molecule has 6 heteroatoms. The number of rotatable bonds is 5. The Balaban J connectivity index is 1.60. The Morgan fingerprint density at radius 2 is 2.17 bits per heavy atom. The predicted octanol–water partition coefficient (Wildman–Crippen LogP) is 1.75. The Labute approximate surface area is 135 Å². The molecule has 1 fully saturated rings. The molecule has 0 amide bonds. The Morgan fingerprint density at radius 3 is 2.91 bits per heavy atom. The third-order valence-electron chi connectivity index (χ3n) is 3.78. The summed E-state index contributed by atoms with van der Waals surface area (Å²) in [5, 5.41) is 4.17. The van der Waals surface area contributed by atoms with Crippen molar-refractivity contribution in [3.8, 4) is 5.69 Å². The Hall–Kier alpha value is -2.18. The number of morpholine rings is 1. The van der Waals surface area contributed by atoms with Gasteiger partial charge in [0.25, 0.3) is 0 Å². The maximum absolute atomic E-state index is 12.3. The SMILES string of the molecule is CC(CN1CCOCC1)OC(=O)c1cccc(-n2cccn2)c1. The van der Waals surface area contributed by atoms with Crippen LogP contribution >= 0.6 is 0 Å². The summed E-state index contributed by atoms with van der Waals surface area (Å²) >= 11 is 0. The first-order valence-electron chi connectivity index (χ1n) is 7.83. The second-order valence-corrected chi connectivity index (χ2v) is 5.63. The van der Waals surface area contributed by atoms with Crippen LogP contribution in [0.2, 0.25) is 0 Å². The van der Waals surface area contributed by atoms with Gasteiger partial charge in [-0.2, -0.15) is 5.10 Å². The van der Waals surface area contributed by atoms with Gasteiger partial charge in [-0.15, -0.1) is 0 Å². The molecule has 0 saturated carbocycles. The number of hydrogen-bond acceptors (Lipinski definition) is 5. The summed E-state index contributed by atoms with van der Waals surface area (Å²) in [7, 11) is 0. The molecule has 0 spiro atoms. The van der Waals surface area contributed by atoms with Crippen LogP contribution in [0.3, 0.4) is 0 Å². The molecule has 0 bridgehead atoms. The first-order valence-corrected chi connectivity index (χ1v) is 7.83. The van der Waals surface area contributed by atoms with Gasteiger partial charge in [0.1, 0.15) is 6.10 Å². The first-order chi connectivity index (χ1) is 11.2. The Morgan fingerprint density at radius 1 is 1.35 bits per heavy atom. The fraction of sp³-hybridized carbons (Fsp3) is 0.412. The molecular weight excluding hydrogens is 294 g/mol. The molecule has 122 valence electrons. The Bertz CT molecular complexity index is 636. The van der Waals surface area contributed by atoms with Gasteiger partial charge in [0, 0.05) is 32.0 Å². The zero-order valence-corrected chi connectivity index (χ0v) is 13.2. The lowest BCUT2D eigenvalue weighted by Gasteiger charge is -2.28. The standard InChI is InChI=1S/C17H21N3O3/c1-14(13-19-8-10-22-11-9-19)23-17(21)15-4-2-5-16(12-15)20-7-3-6-18-20/h2-7,12,14H,8-11,13H2,1H3. The van der Waals surface area contributed by atoms with Gasteiger partial charge in [0.2, 0.25) is 0 Å². The summed E-state index contributed by atoms with van der Waals surface area (Å²) in [6.45, 7) is 5.91. The third-order valence-corrected chi connectivity index (χ3v) is 3.78. The van der Waals surface area contributed by atoms with Crippen LogP contribution in [0, 0.1) is 0 Å². The Kier molecular flexibility index (Phi) is 5.05. The molecular formula is C17H21N3O3. The highest BCUT2D eigenvalue weighted by molar-refractivity contribution is 5.90. The minimum atomic E-state index is -0.306. The van der Waals surface area contributed by atoms with Crippen LogP contribution in [0.15, 0.2) is 42.7 Å². The number of carbonyl (C=O) groups is 1. The number of esters is 1. The van der Waals surface area contributed by atoms with E-state index in [1.165, 1.54) is 0 Å².